The Kier molecular flexibility index (Phi) is 2.69. The van der Waals surface area contributed by atoms with E-state index in [0.717, 1.165) is 22.3 Å². The van der Waals surface area contributed by atoms with Crippen LogP contribution in [0, 0.1) is 32.1 Å². The van der Waals surface area contributed by atoms with Crippen molar-refractivity contribution in [1.82, 2.24) is 0 Å². The zero-order chi connectivity index (χ0) is 10.0. The normalized spacial score (nSPS) is 12.2. The van der Waals surface area contributed by atoms with Gasteiger partial charge in [0, 0.05) is 5.56 Å². The Bertz CT molecular complexity index is 340. The van der Waals surface area contributed by atoms with Crippen molar-refractivity contribution < 1.29 is 5.11 Å². The van der Waals surface area contributed by atoms with Gasteiger partial charge in [-0.2, -0.15) is 5.26 Å². The molecule has 0 spiro atoms. The van der Waals surface area contributed by atoms with Crippen molar-refractivity contribution in [2.45, 2.75) is 26.9 Å². The van der Waals surface area contributed by atoms with E-state index in [1.807, 2.05) is 39.0 Å². The van der Waals surface area contributed by atoms with Gasteiger partial charge in [-0.25, -0.2) is 0 Å². The van der Waals surface area contributed by atoms with E-state index in [1.54, 1.807) is 0 Å². The van der Waals surface area contributed by atoms with Crippen LogP contribution in [0.2, 0.25) is 0 Å². The summed E-state index contributed by atoms with van der Waals surface area (Å²) in [6, 6.07) is 5.79. The molecule has 0 amide bonds. The molecular weight excluding hydrogens is 162 g/mol. The molecule has 0 heterocycles. The van der Waals surface area contributed by atoms with Gasteiger partial charge in [-0.3, -0.25) is 0 Å². The van der Waals surface area contributed by atoms with Gasteiger partial charge in [-0.05, 0) is 31.9 Å². The molecule has 0 aromatic heterocycles. The van der Waals surface area contributed by atoms with E-state index in [9.17, 15) is 5.11 Å². The monoisotopic (exact) mass is 175 g/mol. The van der Waals surface area contributed by atoms with Gasteiger partial charge in [-0.15, -0.1) is 0 Å². The molecule has 1 unspecified atom stereocenters. The minimum absolute atomic E-state index is 0.744. The summed E-state index contributed by atoms with van der Waals surface area (Å²) in [5, 5.41) is 18.0. The number of hydrogen-bond donors (Lipinski definition) is 1. The third-order valence-electron chi connectivity index (χ3n) is 2.13. The SMILES string of the molecule is Cc1cc(C)c(C(O)C#N)c(C)c1. The topological polar surface area (TPSA) is 44.0 Å². The van der Waals surface area contributed by atoms with Gasteiger partial charge in [0.1, 0.15) is 0 Å². The van der Waals surface area contributed by atoms with Crippen molar-refractivity contribution in [1.29, 1.82) is 5.26 Å². The summed E-state index contributed by atoms with van der Waals surface area (Å²) in [6.07, 6.45) is -0.999. The standard InChI is InChI=1S/C11H13NO/c1-7-4-8(2)11(9(3)5-7)10(13)6-12/h4-5,10,13H,1-3H3. The van der Waals surface area contributed by atoms with Crippen LogP contribution in [0.15, 0.2) is 12.1 Å². The summed E-state index contributed by atoms with van der Waals surface area (Å²) in [4.78, 5) is 0. The Hall–Kier alpha value is -1.33. The van der Waals surface area contributed by atoms with Crippen LogP contribution in [0.25, 0.3) is 0 Å². The van der Waals surface area contributed by atoms with E-state index in [0.29, 0.717) is 0 Å². The molecule has 2 nitrogen and oxygen atoms in total. The van der Waals surface area contributed by atoms with Gasteiger partial charge in [0.25, 0.3) is 0 Å². The number of aliphatic hydroxyl groups excluding tert-OH is 1. The van der Waals surface area contributed by atoms with Gasteiger partial charge < -0.3 is 5.11 Å². The molecule has 68 valence electrons. The predicted octanol–water partition coefficient (Wildman–Crippen LogP) is 2.17. The maximum absolute atomic E-state index is 9.42. The molecule has 1 N–H and O–H groups in total. The summed E-state index contributed by atoms with van der Waals surface area (Å²) in [5.41, 5.74) is 3.86. The molecule has 0 bridgehead atoms. The highest BCUT2D eigenvalue weighted by atomic mass is 16.3. The van der Waals surface area contributed by atoms with Gasteiger partial charge >= 0.3 is 0 Å². The fourth-order valence-corrected chi connectivity index (χ4v) is 1.69. The lowest BCUT2D eigenvalue weighted by atomic mass is 9.96. The number of rotatable bonds is 1. The molecule has 1 atom stereocenters. The van der Waals surface area contributed by atoms with Crippen LogP contribution >= 0.6 is 0 Å². The average molecular weight is 175 g/mol. The van der Waals surface area contributed by atoms with E-state index in [2.05, 4.69) is 0 Å². The number of aliphatic hydroxyl groups is 1. The smallest absolute Gasteiger partial charge is 0.166 e. The van der Waals surface area contributed by atoms with Gasteiger partial charge in [0.15, 0.2) is 6.10 Å². The fraction of sp³-hybridized carbons (Fsp3) is 0.364. The average Bonchev–Trinajstić information content (AvgIpc) is 2.02. The van der Waals surface area contributed by atoms with Crippen LogP contribution in [0.5, 0.6) is 0 Å². The molecular formula is C11H13NO. The molecule has 13 heavy (non-hydrogen) atoms. The first-order valence-electron chi connectivity index (χ1n) is 4.21. The first-order chi connectivity index (χ1) is 6.06. The van der Waals surface area contributed by atoms with Gasteiger partial charge in [0.05, 0.1) is 6.07 Å². The van der Waals surface area contributed by atoms with E-state index in [4.69, 9.17) is 5.26 Å². The van der Waals surface area contributed by atoms with Gasteiger partial charge in [-0.1, -0.05) is 17.7 Å². The minimum Gasteiger partial charge on any atom is -0.374 e. The molecule has 0 aliphatic carbocycles. The molecule has 0 aliphatic rings. The van der Waals surface area contributed by atoms with Crippen LogP contribution in [0.1, 0.15) is 28.4 Å². The summed E-state index contributed by atoms with van der Waals surface area (Å²) < 4.78 is 0. The second-order valence-corrected chi connectivity index (χ2v) is 3.34. The molecule has 2 heteroatoms. The molecule has 0 fully saturated rings. The Balaban J connectivity index is 3.30. The predicted molar refractivity (Wildman–Crippen MR) is 51.2 cm³/mol. The van der Waals surface area contributed by atoms with Crippen LogP contribution in [0.4, 0.5) is 0 Å². The number of nitrogens with zero attached hydrogens (tertiary/aromatic N) is 1. The molecule has 1 aromatic rings. The van der Waals surface area contributed by atoms with Crippen molar-refractivity contribution in [2.24, 2.45) is 0 Å². The highest BCUT2D eigenvalue weighted by Crippen LogP contribution is 2.22. The lowest BCUT2D eigenvalue weighted by Gasteiger charge is -2.11. The van der Waals surface area contributed by atoms with Crippen LogP contribution in [-0.2, 0) is 0 Å². The Morgan fingerprint density at radius 1 is 1.23 bits per heavy atom. The Morgan fingerprint density at radius 2 is 1.69 bits per heavy atom. The second-order valence-electron chi connectivity index (χ2n) is 3.34. The summed E-state index contributed by atoms with van der Waals surface area (Å²) in [7, 11) is 0. The molecule has 0 saturated carbocycles. The maximum atomic E-state index is 9.42. The summed E-state index contributed by atoms with van der Waals surface area (Å²) in [5.74, 6) is 0. The maximum Gasteiger partial charge on any atom is 0.166 e. The zero-order valence-corrected chi connectivity index (χ0v) is 8.13. The van der Waals surface area contributed by atoms with Crippen molar-refractivity contribution >= 4 is 0 Å². The van der Waals surface area contributed by atoms with E-state index in [1.165, 1.54) is 0 Å². The molecule has 0 saturated heterocycles. The van der Waals surface area contributed by atoms with Crippen LogP contribution in [-0.4, -0.2) is 5.11 Å². The molecule has 1 rings (SSSR count). The van der Waals surface area contributed by atoms with Crippen LogP contribution < -0.4 is 0 Å². The van der Waals surface area contributed by atoms with E-state index in [-0.39, 0.29) is 0 Å². The van der Waals surface area contributed by atoms with Crippen molar-refractivity contribution in [2.75, 3.05) is 0 Å². The van der Waals surface area contributed by atoms with Crippen molar-refractivity contribution in [3.05, 3.63) is 34.4 Å². The largest absolute Gasteiger partial charge is 0.374 e. The first-order valence-corrected chi connectivity index (χ1v) is 4.21. The third kappa shape index (κ3) is 1.88. The number of nitriles is 1. The number of benzene rings is 1. The number of aryl methyl sites for hydroxylation is 3. The fourth-order valence-electron chi connectivity index (χ4n) is 1.69. The zero-order valence-electron chi connectivity index (χ0n) is 8.13. The van der Waals surface area contributed by atoms with E-state index >= 15 is 0 Å². The first kappa shape index (κ1) is 9.76. The lowest BCUT2D eigenvalue weighted by Crippen LogP contribution is -2.00. The Labute approximate surface area is 78.4 Å². The minimum atomic E-state index is -0.999. The second kappa shape index (κ2) is 3.59. The molecule has 1 aromatic carbocycles. The van der Waals surface area contributed by atoms with Crippen molar-refractivity contribution in [3.63, 3.8) is 0 Å². The van der Waals surface area contributed by atoms with Crippen molar-refractivity contribution in [3.8, 4) is 6.07 Å². The summed E-state index contributed by atoms with van der Waals surface area (Å²) in [6.45, 7) is 5.83. The highest BCUT2D eigenvalue weighted by molar-refractivity contribution is 5.40. The molecule has 0 radical (unpaired) electrons. The van der Waals surface area contributed by atoms with Gasteiger partial charge in [0.2, 0.25) is 0 Å². The lowest BCUT2D eigenvalue weighted by molar-refractivity contribution is 0.234. The highest BCUT2D eigenvalue weighted by Gasteiger charge is 2.11. The Morgan fingerprint density at radius 3 is 2.08 bits per heavy atom. The van der Waals surface area contributed by atoms with E-state index < -0.39 is 6.10 Å². The molecule has 0 aliphatic heterocycles. The third-order valence-corrected chi connectivity index (χ3v) is 2.13. The van der Waals surface area contributed by atoms with Crippen LogP contribution in [0.3, 0.4) is 0 Å². The quantitative estimate of drug-likeness (QED) is 0.665. The summed E-state index contributed by atoms with van der Waals surface area (Å²) >= 11 is 0. The number of hydrogen-bond acceptors (Lipinski definition) is 2.